The molecular weight excluding hydrogens is 316 g/mol. The Balaban J connectivity index is 3.01. The van der Waals surface area contributed by atoms with Gasteiger partial charge in [0.05, 0.1) is 13.0 Å². The molecule has 0 aliphatic rings. The lowest BCUT2D eigenvalue weighted by atomic mass is 9.96. The molecule has 0 bridgehead atoms. The number of carbonyl (C=O) groups is 2. The van der Waals surface area contributed by atoms with Crippen LogP contribution in [-0.2, 0) is 14.9 Å². The van der Waals surface area contributed by atoms with Crippen molar-refractivity contribution in [2.45, 2.75) is 56.9 Å². The maximum Gasteiger partial charge on any atom is 0.346 e. The molecule has 130 valence electrons. The van der Waals surface area contributed by atoms with Crippen LogP contribution in [0, 0.1) is 0 Å². The fourth-order valence-electron chi connectivity index (χ4n) is 1.68. The molecule has 0 aliphatic heterocycles. The molecule has 1 aromatic heterocycles. The average molecular weight is 342 g/mol. The highest BCUT2D eigenvalue weighted by atomic mass is 32.2. The van der Waals surface area contributed by atoms with Crippen molar-refractivity contribution in [3.63, 3.8) is 0 Å². The Hall–Kier alpha value is -1.57. The van der Waals surface area contributed by atoms with E-state index in [1.165, 1.54) is 21.3 Å². The zero-order valence-electron chi connectivity index (χ0n) is 14.9. The first-order chi connectivity index (χ1) is 10.6. The number of carbonyl (C=O) groups excluding carboxylic acids is 2. The van der Waals surface area contributed by atoms with Gasteiger partial charge in [-0.15, -0.1) is 5.10 Å². The number of amides is 1. The van der Waals surface area contributed by atoms with Gasteiger partial charge in [0.2, 0.25) is 0 Å². The maximum atomic E-state index is 12.3. The summed E-state index contributed by atoms with van der Waals surface area (Å²) >= 11 is 1.35. The number of aromatic nitrogens is 3. The fraction of sp³-hybridized carbons (Fsp3) is 0.733. The highest BCUT2D eigenvalue weighted by Crippen LogP contribution is 2.27. The van der Waals surface area contributed by atoms with E-state index in [9.17, 15) is 9.59 Å². The van der Waals surface area contributed by atoms with Crippen LogP contribution in [-0.4, -0.2) is 57.6 Å². The predicted octanol–water partition coefficient (Wildman–Crippen LogP) is 2.54. The minimum absolute atomic E-state index is 0.0696. The molecule has 8 heteroatoms. The summed E-state index contributed by atoms with van der Waals surface area (Å²) < 4.78 is 6.25. The lowest BCUT2D eigenvalue weighted by molar-refractivity contribution is -0.142. The van der Waals surface area contributed by atoms with Crippen LogP contribution in [0.2, 0.25) is 0 Å². The molecule has 0 spiro atoms. The summed E-state index contributed by atoms with van der Waals surface area (Å²) in [6, 6.07) is -0.265. The third-order valence-electron chi connectivity index (χ3n) is 2.88. The molecule has 0 saturated carbocycles. The summed E-state index contributed by atoms with van der Waals surface area (Å²) in [5.74, 6) is 0.340. The van der Waals surface area contributed by atoms with E-state index in [2.05, 4.69) is 10.1 Å². The van der Waals surface area contributed by atoms with Gasteiger partial charge in [-0.25, -0.2) is 9.78 Å². The molecule has 1 amide bonds. The number of esters is 1. The van der Waals surface area contributed by atoms with Crippen LogP contribution in [0.15, 0.2) is 5.16 Å². The van der Waals surface area contributed by atoms with Crippen LogP contribution in [0.25, 0.3) is 0 Å². The van der Waals surface area contributed by atoms with Crippen molar-refractivity contribution < 1.29 is 14.3 Å². The Bertz CT molecular complexity index is 564. The van der Waals surface area contributed by atoms with Crippen molar-refractivity contribution in [3.8, 4) is 0 Å². The molecule has 1 atom stereocenters. The van der Waals surface area contributed by atoms with E-state index < -0.39 is 0 Å². The Labute approximate surface area is 141 Å². The number of nitrogens with zero attached hydrogens (tertiary/aromatic N) is 4. The molecule has 1 aromatic rings. The van der Waals surface area contributed by atoms with Gasteiger partial charge in [0, 0.05) is 24.8 Å². The standard InChI is InChI=1S/C15H26N4O3S/c1-8-22-11(20)9-10(2)23-13-16-12(15(3,4)5)17-19(13)14(21)18(6)7/h10H,8-9H2,1-7H3. The molecule has 1 unspecified atom stereocenters. The van der Waals surface area contributed by atoms with Gasteiger partial charge in [-0.2, -0.15) is 4.68 Å². The lowest BCUT2D eigenvalue weighted by Crippen LogP contribution is -2.29. The topological polar surface area (TPSA) is 77.3 Å². The summed E-state index contributed by atoms with van der Waals surface area (Å²) in [6.45, 7) is 10.0. The molecule has 1 heterocycles. The van der Waals surface area contributed by atoms with E-state index >= 15 is 0 Å². The minimum atomic E-state index is -0.266. The van der Waals surface area contributed by atoms with E-state index in [1.807, 2.05) is 27.7 Å². The highest BCUT2D eigenvalue weighted by Gasteiger charge is 2.26. The molecule has 23 heavy (non-hydrogen) atoms. The average Bonchev–Trinajstić information content (AvgIpc) is 2.81. The Morgan fingerprint density at radius 3 is 2.43 bits per heavy atom. The summed E-state index contributed by atoms with van der Waals surface area (Å²) in [7, 11) is 3.33. The summed E-state index contributed by atoms with van der Waals surface area (Å²) in [4.78, 5) is 29.8. The number of ether oxygens (including phenoxy) is 1. The number of rotatable bonds is 5. The van der Waals surface area contributed by atoms with E-state index in [1.54, 1.807) is 21.0 Å². The van der Waals surface area contributed by atoms with Gasteiger partial charge in [-0.1, -0.05) is 39.5 Å². The summed E-state index contributed by atoms with van der Waals surface area (Å²) in [5, 5.41) is 4.77. The molecule has 0 fully saturated rings. The normalized spacial score (nSPS) is 12.8. The van der Waals surface area contributed by atoms with Gasteiger partial charge in [0.1, 0.15) is 0 Å². The van der Waals surface area contributed by atoms with Crippen molar-refractivity contribution >= 4 is 23.8 Å². The largest absolute Gasteiger partial charge is 0.466 e. The van der Waals surface area contributed by atoms with Crippen molar-refractivity contribution in [1.29, 1.82) is 0 Å². The first kappa shape index (κ1) is 19.5. The SMILES string of the molecule is CCOC(=O)CC(C)Sc1nc(C(C)(C)C)nn1C(=O)N(C)C. The predicted molar refractivity (Wildman–Crippen MR) is 89.8 cm³/mol. The monoisotopic (exact) mass is 342 g/mol. The second-order valence-electron chi connectivity index (χ2n) is 6.49. The molecule has 0 radical (unpaired) electrons. The van der Waals surface area contributed by atoms with Crippen LogP contribution >= 0.6 is 11.8 Å². The molecule has 1 rings (SSSR count). The fourth-order valence-corrected chi connectivity index (χ4v) is 2.62. The highest BCUT2D eigenvalue weighted by molar-refractivity contribution is 7.99. The van der Waals surface area contributed by atoms with Gasteiger partial charge in [-0.3, -0.25) is 4.79 Å². The van der Waals surface area contributed by atoms with Crippen LogP contribution in [0.3, 0.4) is 0 Å². The molecular formula is C15H26N4O3S. The quantitative estimate of drug-likeness (QED) is 0.604. The van der Waals surface area contributed by atoms with Crippen molar-refractivity contribution in [2.75, 3.05) is 20.7 Å². The number of thioether (sulfide) groups is 1. The number of hydrogen-bond acceptors (Lipinski definition) is 6. The maximum absolute atomic E-state index is 12.3. The smallest absolute Gasteiger partial charge is 0.346 e. The van der Waals surface area contributed by atoms with Gasteiger partial charge in [0.15, 0.2) is 11.0 Å². The van der Waals surface area contributed by atoms with Crippen LogP contribution in [0.4, 0.5) is 4.79 Å². The minimum Gasteiger partial charge on any atom is -0.466 e. The van der Waals surface area contributed by atoms with Gasteiger partial charge in [-0.05, 0) is 6.92 Å². The van der Waals surface area contributed by atoms with E-state index in [-0.39, 0.29) is 29.1 Å². The van der Waals surface area contributed by atoms with E-state index in [4.69, 9.17) is 4.74 Å². The second-order valence-corrected chi connectivity index (χ2v) is 7.90. The van der Waals surface area contributed by atoms with Gasteiger partial charge < -0.3 is 9.64 Å². The van der Waals surface area contributed by atoms with Crippen LogP contribution in [0.1, 0.15) is 46.9 Å². The zero-order chi connectivity index (χ0) is 17.8. The first-order valence-corrected chi connectivity index (χ1v) is 8.45. The van der Waals surface area contributed by atoms with Crippen molar-refractivity contribution in [2.24, 2.45) is 0 Å². The van der Waals surface area contributed by atoms with Crippen molar-refractivity contribution in [1.82, 2.24) is 19.7 Å². The van der Waals surface area contributed by atoms with E-state index in [0.29, 0.717) is 17.6 Å². The van der Waals surface area contributed by atoms with Crippen LogP contribution in [0.5, 0.6) is 0 Å². The summed E-state index contributed by atoms with van der Waals surface area (Å²) in [6.07, 6.45) is 0.256. The molecule has 0 aromatic carbocycles. The van der Waals surface area contributed by atoms with Crippen LogP contribution < -0.4 is 0 Å². The Kier molecular flexibility index (Phi) is 6.61. The van der Waals surface area contributed by atoms with Crippen molar-refractivity contribution in [3.05, 3.63) is 5.82 Å². The first-order valence-electron chi connectivity index (χ1n) is 7.57. The van der Waals surface area contributed by atoms with Gasteiger partial charge >= 0.3 is 12.0 Å². The third-order valence-corrected chi connectivity index (χ3v) is 3.92. The molecule has 7 nitrogen and oxygen atoms in total. The molecule has 0 N–H and O–H groups in total. The Morgan fingerprint density at radius 1 is 1.35 bits per heavy atom. The third kappa shape index (κ3) is 5.53. The molecule has 0 aliphatic carbocycles. The second kappa shape index (κ2) is 7.81. The van der Waals surface area contributed by atoms with E-state index in [0.717, 1.165) is 0 Å². The van der Waals surface area contributed by atoms with Gasteiger partial charge in [0.25, 0.3) is 0 Å². The number of hydrogen-bond donors (Lipinski definition) is 0. The Morgan fingerprint density at radius 2 is 1.96 bits per heavy atom. The summed E-state index contributed by atoms with van der Waals surface area (Å²) in [5.41, 5.74) is -0.266. The zero-order valence-corrected chi connectivity index (χ0v) is 15.7. The molecule has 0 saturated heterocycles. The lowest BCUT2D eigenvalue weighted by Gasteiger charge is -2.13.